The van der Waals surface area contributed by atoms with E-state index in [2.05, 4.69) is 68.1 Å². The molecular formula is C12H17BrIN. The molecule has 0 aliphatic rings. The van der Waals surface area contributed by atoms with Crippen molar-refractivity contribution in [3.63, 3.8) is 0 Å². The summed E-state index contributed by atoms with van der Waals surface area (Å²) < 4.78 is 2.44. The van der Waals surface area contributed by atoms with Crippen molar-refractivity contribution in [1.82, 2.24) is 5.32 Å². The predicted octanol–water partition coefficient (Wildman–Crippen LogP) is 4.14. The maximum absolute atomic E-state index is 3.48. The summed E-state index contributed by atoms with van der Waals surface area (Å²) in [6.07, 6.45) is 3.98. The number of nitrogens with one attached hydrogen (secondary N) is 1. The van der Waals surface area contributed by atoms with E-state index in [1.54, 1.807) is 0 Å². The number of alkyl halides is 1. The molecule has 1 rings (SSSR count). The Kier molecular flexibility index (Phi) is 7.65. The molecule has 0 aliphatic carbocycles. The zero-order valence-corrected chi connectivity index (χ0v) is 12.6. The summed E-state index contributed by atoms with van der Waals surface area (Å²) in [6.45, 7) is 2.10. The van der Waals surface area contributed by atoms with Crippen molar-refractivity contribution in [2.45, 2.75) is 25.8 Å². The molecular weight excluding hydrogens is 365 g/mol. The third-order valence-electron chi connectivity index (χ3n) is 2.21. The van der Waals surface area contributed by atoms with E-state index in [1.807, 2.05) is 0 Å². The summed E-state index contributed by atoms with van der Waals surface area (Å²) in [4.78, 5) is 0. The average molecular weight is 382 g/mol. The van der Waals surface area contributed by atoms with Gasteiger partial charge >= 0.3 is 0 Å². The lowest BCUT2D eigenvalue weighted by Gasteiger charge is -2.04. The highest BCUT2D eigenvalue weighted by molar-refractivity contribution is 14.1. The lowest BCUT2D eigenvalue weighted by atomic mass is 10.2. The van der Waals surface area contributed by atoms with Crippen LogP contribution < -0.4 is 5.32 Å². The molecule has 0 saturated carbocycles. The molecule has 0 fully saturated rings. The molecule has 1 nitrogen and oxygen atoms in total. The quantitative estimate of drug-likeness (QED) is 0.425. The number of rotatable bonds is 7. The van der Waals surface area contributed by atoms with E-state index in [9.17, 15) is 0 Å². The highest BCUT2D eigenvalue weighted by Gasteiger charge is 1.93. The molecule has 84 valence electrons. The fourth-order valence-corrected chi connectivity index (χ4v) is 2.39. The van der Waals surface area contributed by atoms with E-state index < -0.39 is 0 Å². The zero-order valence-electron chi connectivity index (χ0n) is 8.81. The molecule has 0 heterocycles. The Morgan fingerprint density at radius 3 is 2.80 bits per heavy atom. The van der Waals surface area contributed by atoms with Crippen molar-refractivity contribution in [1.29, 1.82) is 0 Å². The minimum Gasteiger partial charge on any atom is -0.313 e. The van der Waals surface area contributed by atoms with Gasteiger partial charge in [-0.1, -0.05) is 57.1 Å². The summed E-state index contributed by atoms with van der Waals surface area (Å²) in [5, 5.41) is 3.46. The molecule has 0 aliphatic heterocycles. The van der Waals surface area contributed by atoms with Gasteiger partial charge in [-0.25, -0.2) is 0 Å². The van der Waals surface area contributed by atoms with Crippen LogP contribution in [0.25, 0.3) is 0 Å². The van der Waals surface area contributed by atoms with Crippen molar-refractivity contribution in [3.8, 4) is 0 Å². The standard InChI is InChI=1S/C12H17BrIN/c13-12-6-4-5-11(9-12)10-15-8-3-1-2-7-14/h4-6,9,15H,1-3,7-8,10H2. The van der Waals surface area contributed by atoms with Gasteiger partial charge in [-0.3, -0.25) is 0 Å². The lowest BCUT2D eigenvalue weighted by molar-refractivity contribution is 0.620. The van der Waals surface area contributed by atoms with Crippen LogP contribution in [0, 0.1) is 0 Å². The number of benzene rings is 1. The van der Waals surface area contributed by atoms with E-state index in [-0.39, 0.29) is 0 Å². The number of halogens is 2. The van der Waals surface area contributed by atoms with Gasteiger partial charge in [-0.15, -0.1) is 0 Å². The molecule has 0 bridgehead atoms. The lowest BCUT2D eigenvalue weighted by Crippen LogP contribution is -2.14. The first-order valence-electron chi connectivity index (χ1n) is 5.34. The summed E-state index contributed by atoms with van der Waals surface area (Å²) in [5.41, 5.74) is 1.35. The molecule has 3 heteroatoms. The molecule has 0 unspecified atom stereocenters. The second-order valence-corrected chi connectivity index (χ2v) is 5.55. The van der Waals surface area contributed by atoms with Gasteiger partial charge in [0.2, 0.25) is 0 Å². The monoisotopic (exact) mass is 381 g/mol. The molecule has 0 amide bonds. The van der Waals surface area contributed by atoms with Crippen LogP contribution >= 0.6 is 38.5 Å². The van der Waals surface area contributed by atoms with Crippen LogP contribution in [0.1, 0.15) is 24.8 Å². The van der Waals surface area contributed by atoms with Crippen LogP contribution in [-0.4, -0.2) is 11.0 Å². The van der Waals surface area contributed by atoms with Gasteiger partial charge in [0.1, 0.15) is 0 Å². The Morgan fingerprint density at radius 2 is 2.07 bits per heavy atom. The Morgan fingerprint density at radius 1 is 1.20 bits per heavy atom. The first-order valence-corrected chi connectivity index (χ1v) is 7.66. The maximum atomic E-state index is 3.48. The fourth-order valence-electron chi connectivity index (χ4n) is 1.40. The van der Waals surface area contributed by atoms with Gasteiger partial charge in [0.05, 0.1) is 0 Å². The van der Waals surface area contributed by atoms with Gasteiger partial charge in [0.25, 0.3) is 0 Å². The molecule has 0 aromatic heterocycles. The molecule has 0 atom stereocenters. The van der Waals surface area contributed by atoms with Gasteiger partial charge < -0.3 is 5.32 Å². The number of hydrogen-bond donors (Lipinski definition) is 1. The third-order valence-corrected chi connectivity index (χ3v) is 3.46. The molecule has 0 saturated heterocycles. The van der Waals surface area contributed by atoms with Crippen molar-refractivity contribution in [3.05, 3.63) is 34.3 Å². The van der Waals surface area contributed by atoms with Crippen LogP contribution in [0.5, 0.6) is 0 Å². The van der Waals surface area contributed by atoms with Crippen LogP contribution in [0.4, 0.5) is 0 Å². The molecule has 1 aromatic rings. The minimum absolute atomic E-state index is 0.976. The van der Waals surface area contributed by atoms with Crippen LogP contribution in [-0.2, 0) is 6.54 Å². The molecule has 15 heavy (non-hydrogen) atoms. The second kappa shape index (κ2) is 8.53. The summed E-state index contributed by atoms with van der Waals surface area (Å²) in [6, 6.07) is 8.46. The topological polar surface area (TPSA) is 12.0 Å². The van der Waals surface area contributed by atoms with Gasteiger partial charge in [0, 0.05) is 11.0 Å². The minimum atomic E-state index is 0.976. The van der Waals surface area contributed by atoms with E-state index in [4.69, 9.17) is 0 Å². The Balaban J connectivity index is 2.10. The van der Waals surface area contributed by atoms with Crippen molar-refractivity contribution >= 4 is 38.5 Å². The summed E-state index contributed by atoms with van der Waals surface area (Å²) >= 11 is 5.91. The fraction of sp³-hybridized carbons (Fsp3) is 0.500. The second-order valence-electron chi connectivity index (χ2n) is 3.56. The van der Waals surface area contributed by atoms with Crippen LogP contribution in [0.3, 0.4) is 0 Å². The highest BCUT2D eigenvalue weighted by atomic mass is 127. The summed E-state index contributed by atoms with van der Waals surface area (Å²) in [5.74, 6) is 0. The first kappa shape index (κ1) is 13.5. The highest BCUT2D eigenvalue weighted by Crippen LogP contribution is 2.11. The SMILES string of the molecule is Brc1cccc(CNCCCCCI)c1. The van der Waals surface area contributed by atoms with E-state index in [1.165, 1.54) is 29.3 Å². The Bertz CT molecular complexity index is 278. The van der Waals surface area contributed by atoms with Crippen LogP contribution in [0.15, 0.2) is 28.7 Å². The number of unbranched alkanes of at least 4 members (excludes halogenated alkanes) is 2. The van der Waals surface area contributed by atoms with E-state index >= 15 is 0 Å². The molecule has 1 aromatic carbocycles. The summed E-state index contributed by atoms with van der Waals surface area (Å²) in [7, 11) is 0. The zero-order chi connectivity index (χ0) is 10.9. The van der Waals surface area contributed by atoms with Crippen LogP contribution in [0.2, 0.25) is 0 Å². The maximum Gasteiger partial charge on any atom is 0.0205 e. The van der Waals surface area contributed by atoms with E-state index in [0.717, 1.165) is 17.6 Å². The Labute approximate surface area is 114 Å². The average Bonchev–Trinajstić information content (AvgIpc) is 2.23. The number of hydrogen-bond acceptors (Lipinski definition) is 1. The molecule has 0 radical (unpaired) electrons. The first-order chi connectivity index (χ1) is 7.33. The van der Waals surface area contributed by atoms with Crippen molar-refractivity contribution < 1.29 is 0 Å². The molecule has 1 N–H and O–H groups in total. The Hall–Kier alpha value is 0.390. The normalized spacial score (nSPS) is 10.5. The largest absolute Gasteiger partial charge is 0.313 e. The third kappa shape index (κ3) is 6.53. The predicted molar refractivity (Wildman–Crippen MR) is 78.6 cm³/mol. The van der Waals surface area contributed by atoms with Crippen molar-refractivity contribution in [2.75, 3.05) is 11.0 Å². The van der Waals surface area contributed by atoms with Gasteiger partial charge in [0.15, 0.2) is 0 Å². The smallest absolute Gasteiger partial charge is 0.0205 e. The van der Waals surface area contributed by atoms with E-state index in [0.29, 0.717) is 0 Å². The molecule has 0 spiro atoms. The van der Waals surface area contributed by atoms with Gasteiger partial charge in [-0.2, -0.15) is 0 Å². The van der Waals surface area contributed by atoms with Gasteiger partial charge in [-0.05, 0) is 41.5 Å². The van der Waals surface area contributed by atoms with Crippen molar-refractivity contribution in [2.24, 2.45) is 0 Å².